The van der Waals surface area contributed by atoms with Crippen molar-refractivity contribution >= 4 is 46.8 Å². The molecule has 3 N–H and O–H groups in total. The quantitative estimate of drug-likeness (QED) is 0.390. The van der Waals surface area contributed by atoms with Crippen LogP contribution in [-0.4, -0.2) is 53.8 Å². The topological polar surface area (TPSA) is 130 Å². The van der Waals surface area contributed by atoms with E-state index in [-0.39, 0.29) is 23.0 Å². The SMILES string of the molecule is CCNC(=O)CNC(=O)[C@H](CCSC)NC(=O)c1ccc(Cl)c([N+](=O)[O-])c1. The van der Waals surface area contributed by atoms with Gasteiger partial charge in [-0.25, -0.2) is 0 Å². The van der Waals surface area contributed by atoms with Gasteiger partial charge in [0.05, 0.1) is 11.5 Å². The first-order valence-corrected chi connectivity index (χ1v) is 9.85. The highest BCUT2D eigenvalue weighted by Crippen LogP contribution is 2.25. The molecule has 1 aromatic carbocycles. The Morgan fingerprint density at radius 2 is 2.00 bits per heavy atom. The molecule has 0 saturated heterocycles. The molecule has 27 heavy (non-hydrogen) atoms. The predicted molar refractivity (Wildman–Crippen MR) is 104 cm³/mol. The van der Waals surface area contributed by atoms with Gasteiger partial charge in [0.15, 0.2) is 0 Å². The fraction of sp³-hybridized carbons (Fsp3) is 0.438. The molecule has 0 aliphatic rings. The number of hydrogen-bond acceptors (Lipinski definition) is 6. The Balaban J connectivity index is 2.84. The van der Waals surface area contributed by atoms with E-state index in [1.807, 2.05) is 6.26 Å². The van der Waals surface area contributed by atoms with Gasteiger partial charge in [0.1, 0.15) is 11.1 Å². The van der Waals surface area contributed by atoms with Gasteiger partial charge in [-0.15, -0.1) is 0 Å². The number of nitro benzene ring substituents is 1. The third kappa shape index (κ3) is 7.43. The summed E-state index contributed by atoms with van der Waals surface area (Å²) in [5.41, 5.74) is -0.387. The fourth-order valence-corrected chi connectivity index (χ4v) is 2.75. The summed E-state index contributed by atoms with van der Waals surface area (Å²) in [6.45, 7) is 1.99. The number of rotatable bonds is 10. The Bertz CT molecular complexity index is 716. The van der Waals surface area contributed by atoms with Crippen LogP contribution in [0.1, 0.15) is 23.7 Å². The normalized spacial score (nSPS) is 11.4. The van der Waals surface area contributed by atoms with E-state index in [0.717, 1.165) is 6.07 Å². The molecular weight excluding hydrogens is 396 g/mol. The maximum Gasteiger partial charge on any atom is 0.288 e. The molecule has 0 saturated carbocycles. The van der Waals surface area contributed by atoms with Crippen LogP contribution >= 0.6 is 23.4 Å². The second-order valence-electron chi connectivity index (χ2n) is 5.40. The lowest BCUT2D eigenvalue weighted by Gasteiger charge is -2.18. The molecule has 0 aliphatic heterocycles. The molecule has 0 unspecified atom stereocenters. The van der Waals surface area contributed by atoms with Gasteiger partial charge in [-0.1, -0.05) is 11.6 Å². The minimum absolute atomic E-state index is 0.0109. The van der Waals surface area contributed by atoms with E-state index in [1.165, 1.54) is 23.9 Å². The molecule has 0 radical (unpaired) electrons. The average molecular weight is 417 g/mol. The molecule has 0 aromatic heterocycles. The molecule has 0 bridgehead atoms. The number of hydrogen-bond donors (Lipinski definition) is 3. The Morgan fingerprint density at radius 1 is 1.30 bits per heavy atom. The number of thioether (sulfide) groups is 1. The maximum absolute atomic E-state index is 12.4. The lowest BCUT2D eigenvalue weighted by atomic mass is 10.1. The van der Waals surface area contributed by atoms with E-state index < -0.39 is 28.5 Å². The zero-order valence-corrected chi connectivity index (χ0v) is 16.5. The summed E-state index contributed by atoms with van der Waals surface area (Å²) in [6.07, 6.45) is 2.19. The largest absolute Gasteiger partial charge is 0.355 e. The van der Waals surface area contributed by atoms with Crippen LogP contribution in [-0.2, 0) is 9.59 Å². The first kappa shape index (κ1) is 22.7. The van der Waals surface area contributed by atoms with Crippen molar-refractivity contribution in [1.29, 1.82) is 0 Å². The van der Waals surface area contributed by atoms with Gasteiger partial charge in [-0.2, -0.15) is 11.8 Å². The van der Waals surface area contributed by atoms with E-state index in [0.29, 0.717) is 18.7 Å². The zero-order valence-electron chi connectivity index (χ0n) is 14.9. The first-order chi connectivity index (χ1) is 12.8. The second-order valence-corrected chi connectivity index (χ2v) is 6.79. The van der Waals surface area contributed by atoms with E-state index in [1.54, 1.807) is 6.92 Å². The Kier molecular flexibility index (Phi) is 9.59. The van der Waals surface area contributed by atoms with Gasteiger partial charge in [0.2, 0.25) is 11.8 Å². The Labute approximate surface area is 165 Å². The van der Waals surface area contributed by atoms with Crippen molar-refractivity contribution in [2.75, 3.05) is 25.1 Å². The van der Waals surface area contributed by atoms with Crippen LogP contribution in [0.3, 0.4) is 0 Å². The summed E-state index contributed by atoms with van der Waals surface area (Å²) in [6, 6.07) is 2.76. The van der Waals surface area contributed by atoms with Gasteiger partial charge >= 0.3 is 0 Å². The minimum atomic E-state index is -0.880. The summed E-state index contributed by atoms with van der Waals surface area (Å²) >= 11 is 7.23. The van der Waals surface area contributed by atoms with Crippen molar-refractivity contribution in [1.82, 2.24) is 16.0 Å². The first-order valence-electron chi connectivity index (χ1n) is 8.08. The van der Waals surface area contributed by atoms with Gasteiger partial charge in [-0.3, -0.25) is 24.5 Å². The molecule has 0 fully saturated rings. The zero-order chi connectivity index (χ0) is 20.4. The van der Waals surface area contributed by atoms with E-state index in [9.17, 15) is 24.5 Å². The minimum Gasteiger partial charge on any atom is -0.355 e. The van der Waals surface area contributed by atoms with Crippen LogP contribution in [0.25, 0.3) is 0 Å². The van der Waals surface area contributed by atoms with Crippen molar-refractivity contribution in [3.05, 3.63) is 38.9 Å². The number of nitrogens with zero attached hydrogens (tertiary/aromatic N) is 1. The van der Waals surface area contributed by atoms with Crippen LogP contribution in [0, 0.1) is 10.1 Å². The lowest BCUT2D eigenvalue weighted by Crippen LogP contribution is -2.49. The number of carbonyl (C=O) groups excluding carboxylic acids is 3. The highest BCUT2D eigenvalue weighted by molar-refractivity contribution is 7.98. The molecule has 0 aliphatic carbocycles. The Hall–Kier alpha value is -2.33. The summed E-state index contributed by atoms with van der Waals surface area (Å²) in [4.78, 5) is 46.4. The average Bonchev–Trinajstić information content (AvgIpc) is 2.63. The molecule has 1 aromatic rings. The molecule has 11 heteroatoms. The van der Waals surface area contributed by atoms with Crippen molar-refractivity contribution in [3.8, 4) is 0 Å². The van der Waals surface area contributed by atoms with Crippen LogP contribution in [0.2, 0.25) is 5.02 Å². The fourth-order valence-electron chi connectivity index (χ4n) is 2.09. The monoisotopic (exact) mass is 416 g/mol. The molecule has 1 rings (SSSR count). The maximum atomic E-state index is 12.4. The predicted octanol–water partition coefficient (Wildman–Crippen LogP) is 1.35. The van der Waals surface area contributed by atoms with Gasteiger partial charge < -0.3 is 16.0 Å². The van der Waals surface area contributed by atoms with Crippen molar-refractivity contribution in [3.63, 3.8) is 0 Å². The standard InChI is InChI=1S/C16H21ClN4O5S/c1-3-18-14(22)9-19-16(24)12(6-7-27-2)20-15(23)10-4-5-11(17)13(8-10)21(25)26/h4-5,8,12H,3,6-7,9H2,1-2H3,(H,18,22)(H,19,24)(H,20,23)/t12-/m0/s1. The van der Waals surface area contributed by atoms with Crippen molar-refractivity contribution in [2.24, 2.45) is 0 Å². The molecule has 0 heterocycles. The number of halogens is 1. The molecular formula is C16H21ClN4O5S. The summed E-state index contributed by atoms with van der Waals surface area (Å²) < 4.78 is 0. The highest BCUT2D eigenvalue weighted by Gasteiger charge is 2.23. The van der Waals surface area contributed by atoms with E-state index in [4.69, 9.17) is 11.6 Å². The van der Waals surface area contributed by atoms with Crippen LogP contribution in [0.4, 0.5) is 5.69 Å². The number of nitrogens with one attached hydrogen (secondary N) is 3. The van der Waals surface area contributed by atoms with E-state index in [2.05, 4.69) is 16.0 Å². The van der Waals surface area contributed by atoms with Gasteiger partial charge in [0.25, 0.3) is 11.6 Å². The summed E-state index contributed by atoms with van der Waals surface area (Å²) in [7, 11) is 0. The van der Waals surface area contributed by atoms with Crippen molar-refractivity contribution < 1.29 is 19.3 Å². The van der Waals surface area contributed by atoms with Gasteiger partial charge in [0, 0.05) is 18.2 Å². The molecule has 0 spiro atoms. The summed E-state index contributed by atoms with van der Waals surface area (Å²) in [5, 5.41) is 18.4. The van der Waals surface area contributed by atoms with Crippen molar-refractivity contribution in [2.45, 2.75) is 19.4 Å². The van der Waals surface area contributed by atoms with Crippen LogP contribution < -0.4 is 16.0 Å². The smallest absolute Gasteiger partial charge is 0.288 e. The highest BCUT2D eigenvalue weighted by atomic mass is 35.5. The third-order valence-corrected chi connectivity index (χ3v) is 4.40. The number of amides is 3. The third-order valence-electron chi connectivity index (χ3n) is 3.43. The Morgan fingerprint density at radius 3 is 2.59 bits per heavy atom. The molecule has 9 nitrogen and oxygen atoms in total. The summed E-state index contributed by atoms with van der Waals surface area (Å²) in [5.74, 6) is -0.893. The van der Waals surface area contributed by atoms with E-state index >= 15 is 0 Å². The van der Waals surface area contributed by atoms with Gasteiger partial charge in [-0.05, 0) is 37.5 Å². The number of carbonyl (C=O) groups is 3. The number of nitro groups is 1. The number of likely N-dealkylation sites (N-methyl/N-ethyl adjacent to an activating group) is 1. The molecule has 3 amide bonds. The van der Waals surface area contributed by atoms with Crippen LogP contribution in [0.5, 0.6) is 0 Å². The van der Waals surface area contributed by atoms with Crippen LogP contribution in [0.15, 0.2) is 18.2 Å². The number of benzene rings is 1. The molecule has 148 valence electrons. The second kappa shape index (κ2) is 11.4. The lowest BCUT2D eigenvalue weighted by molar-refractivity contribution is -0.384. The molecule has 1 atom stereocenters.